The number of carboxylic acid groups (broad SMARTS) is 1. The standard InChI is InChI=1S/C16H29NO7S/c1-22-6-7-23-8-9-24-10-11-25(20,21)17-14-5-3-2-4-13(14)12-15(17)16(18)19/h13-15H,2-12H2,1H3,(H,18,19). The molecule has 1 saturated heterocycles. The lowest BCUT2D eigenvalue weighted by Crippen LogP contribution is -2.47. The molecule has 9 heteroatoms. The van der Waals surface area contributed by atoms with E-state index in [-0.39, 0.29) is 24.3 Å². The zero-order valence-corrected chi connectivity index (χ0v) is 15.6. The minimum Gasteiger partial charge on any atom is -0.480 e. The number of hydrogen-bond acceptors (Lipinski definition) is 6. The molecule has 0 aromatic heterocycles. The number of carboxylic acids is 1. The topological polar surface area (TPSA) is 102 Å². The molecule has 0 spiro atoms. The van der Waals surface area contributed by atoms with Gasteiger partial charge >= 0.3 is 5.97 Å². The number of carbonyl (C=O) groups is 1. The van der Waals surface area contributed by atoms with Crippen LogP contribution in [-0.2, 0) is 29.0 Å². The second-order valence-corrected chi connectivity index (χ2v) is 8.56. The monoisotopic (exact) mass is 379 g/mol. The first-order valence-electron chi connectivity index (χ1n) is 8.86. The number of rotatable bonds is 11. The predicted octanol–water partition coefficient (Wildman–Crippen LogP) is 0.714. The first-order chi connectivity index (χ1) is 12.0. The molecule has 8 nitrogen and oxygen atoms in total. The van der Waals surface area contributed by atoms with Crippen LogP contribution < -0.4 is 0 Å². The fraction of sp³-hybridized carbons (Fsp3) is 0.938. The number of ether oxygens (including phenoxy) is 3. The molecule has 0 aromatic rings. The summed E-state index contributed by atoms with van der Waals surface area (Å²) >= 11 is 0. The normalized spacial score (nSPS) is 27.3. The van der Waals surface area contributed by atoms with Gasteiger partial charge in [-0.25, -0.2) is 8.42 Å². The summed E-state index contributed by atoms with van der Waals surface area (Å²) in [6, 6.07) is -1.10. The Kier molecular flexibility index (Phi) is 8.08. The highest BCUT2D eigenvalue weighted by Crippen LogP contribution is 2.41. The molecule has 3 unspecified atom stereocenters. The molecule has 1 saturated carbocycles. The van der Waals surface area contributed by atoms with Crippen LogP contribution in [0.1, 0.15) is 32.1 Å². The molecule has 1 aliphatic heterocycles. The Morgan fingerprint density at radius 2 is 1.72 bits per heavy atom. The summed E-state index contributed by atoms with van der Waals surface area (Å²) in [7, 11) is -2.07. The number of methoxy groups -OCH3 is 1. The first kappa shape index (κ1) is 20.6. The van der Waals surface area contributed by atoms with E-state index >= 15 is 0 Å². The van der Waals surface area contributed by atoms with Crippen LogP contribution in [0.15, 0.2) is 0 Å². The van der Waals surface area contributed by atoms with Gasteiger partial charge in [0.1, 0.15) is 6.04 Å². The van der Waals surface area contributed by atoms with E-state index in [1.165, 1.54) is 4.31 Å². The molecule has 0 radical (unpaired) electrons. The second kappa shape index (κ2) is 9.82. The van der Waals surface area contributed by atoms with Crippen molar-refractivity contribution in [3.05, 3.63) is 0 Å². The van der Waals surface area contributed by atoms with E-state index in [1.807, 2.05) is 0 Å². The molecule has 0 bridgehead atoms. The smallest absolute Gasteiger partial charge is 0.322 e. The fourth-order valence-corrected chi connectivity index (χ4v) is 5.56. The van der Waals surface area contributed by atoms with Crippen molar-refractivity contribution >= 4 is 16.0 Å². The summed E-state index contributed by atoms with van der Waals surface area (Å²) < 4.78 is 42.1. The lowest BCUT2D eigenvalue weighted by Gasteiger charge is -2.32. The molecule has 146 valence electrons. The number of fused-ring (bicyclic) bond motifs is 1. The van der Waals surface area contributed by atoms with Gasteiger partial charge in [-0.1, -0.05) is 12.8 Å². The van der Waals surface area contributed by atoms with Crippen molar-refractivity contribution in [2.75, 3.05) is 45.9 Å². The number of aliphatic carboxylic acids is 1. The highest BCUT2D eigenvalue weighted by atomic mass is 32.2. The molecule has 0 aromatic carbocycles. The van der Waals surface area contributed by atoms with E-state index in [1.54, 1.807) is 7.11 Å². The Morgan fingerprint density at radius 3 is 2.40 bits per heavy atom. The first-order valence-corrected chi connectivity index (χ1v) is 10.5. The van der Waals surface area contributed by atoms with Gasteiger partial charge in [-0.05, 0) is 25.2 Å². The van der Waals surface area contributed by atoms with Crippen LogP contribution in [0.2, 0.25) is 0 Å². The lowest BCUT2D eigenvalue weighted by atomic mass is 9.85. The maximum Gasteiger partial charge on any atom is 0.322 e. The van der Waals surface area contributed by atoms with E-state index in [9.17, 15) is 18.3 Å². The fourth-order valence-electron chi connectivity index (χ4n) is 3.76. The van der Waals surface area contributed by atoms with Gasteiger partial charge in [0, 0.05) is 13.2 Å². The quantitative estimate of drug-likeness (QED) is 0.528. The predicted molar refractivity (Wildman–Crippen MR) is 90.9 cm³/mol. The van der Waals surface area contributed by atoms with E-state index in [0.29, 0.717) is 32.8 Å². The van der Waals surface area contributed by atoms with Crippen LogP contribution in [0.25, 0.3) is 0 Å². The van der Waals surface area contributed by atoms with Gasteiger partial charge in [-0.15, -0.1) is 0 Å². The number of nitrogens with zero attached hydrogens (tertiary/aromatic N) is 1. The third-order valence-corrected chi connectivity index (χ3v) is 6.77. The van der Waals surface area contributed by atoms with Crippen LogP contribution in [0.5, 0.6) is 0 Å². The molecule has 0 amide bonds. The molecule has 1 aliphatic carbocycles. The van der Waals surface area contributed by atoms with E-state index in [0.717, 1.165) is 25.7 Å². The van der Waals surface area contributed by atoms with Crippen molar-refractivity contribution in [2.45, 2.75) is 44.2 Å². The van der Waals surface area contributed by atoms with E-state index in [4.69, 9.17) is 14.2 Å². The molecule has 25 heavy (non-hydrogen) atoms. The van der Waals surface area contributed by atoms with Crippen LogP contribution in [-0.4, -0.2) is 81.8 Å². The molecule has 2 aliphatic rings. The van der Waals surface area contributed by atoms with Crippen LogP contribution in [0.4, 0.5) is 0 Å². The molecule has 3 atom stereocenters. The summed E-state index contributed by atoms with van der Waals surface area (Å²) in [5, 5.41) is 9.44. The van der Waals surface area contributed by atoms with Crippen LogP contribution in [0.3, 0.4) is 0 Å². The molecule has 1 N–H and O–H groups in total. The van der Waals surface area contributed by atoms with Crippen LogP contribution >= 0.6 is 0 Å². The van der Waals surface area contributed by atoms with Gasteiger partial charge in [-0.2, -0.15) is 4.31 Å². The summed E-state index contributed by atoms with van der Waals surface area (Å²) in [6.45, 7) is 1.68. The summed E-state index contributed by atoms with van der Waals surface area (Å²) in [5.74, 6) is -1.08. The summed E-state index contributed by atoms with van der Waals surface area (Å²) in [6.07, 6.45) is 4.09. The lowest BCUT2D eigenvalue weighted by molar-refractivity contribution is -0.141. The molecular weight excluding hydrogens is 350 g/mol. The van der Waals surface area contributed by atoms with Crippen LogP contribution in [0, 0.1) is 5.92 Å². The van der Waals surface area contributed by atoms with E-state index < -0.39 is 22.0 Å². The average Bonchev–Trinajstić information content (AvgIpc) is 2.98. The van der Waals surface area contributed by atoms with Crippen molar-refractivity contribution in [1.29, 1.82) is 0 Å². The van der Waals surface area contributed by atoms with Gasteiger partial charge in [0.05, 0.1) is 38.8 Å². The van der Waals surface area contributed by atoms with Crippen molar-refractivity contribution in [3.63, 3.8) is 0 Å². The molecular formula is C16H29NO7S. The van der Waals surface area contributed by atoms with Gasteiger partial charge in [0.2, 0.25) is 10.0 Å². The highest BCUT2D eigenvalue weighted by Gasteiger charge is 2.50. The Morgan fingerprint density at radius 1 is 1.08 bits per heavy atom. The number of hydrogen-bond donors (Lipinski definition) is 1. The highest BCUT2D eigenvalue weighted by molar-refractivity contribution is 7.89. The third kappa shape index (κ3) is 5.62. The number of sulfonamides is 1. The zero-order valence-electron chi connectivity index (χ0n) is 14.8. The molecule has 2 rings (SSSR count). The Hall–Kier alpha value is -0.740. The molecule has 1 heterocycles. The Labute approximate surface area is 149 Å². The Balaban J connectivity index is 1.83. The Bertz CT molecular complexity index is 525. The second-order valence-electron chi connectivity index (χ2n) is 6.57. The van der Waals surface area contributed by atoms with Crippen molar-refractivity contribution in [2.24, 2.45) is 5.92 Å². The van der Waals surface area contributed by atoms with Gasteiger partial charge in [0.15, 0.2) is 0 Å². The average molecular weight is 379 g/mol. The summed E-state index contributed by atoms with van der Waals surface area (Å²) in [4.78, 5) is 11.5. The van der Waals surface area contributed by atoms with Crippen molar-refractivity contribution < 1.29 is 32.5 Å². The minimum atomic E-state index is -3.66. The SMILES string of the molecule is COCCOCCOCCS(=O)(=O)N1C(C(=O)O)CC2CCCCC21. The minimum absolute atomic E-state index is 0.0379. The van der Waals surface area contributed by atoms with Gasteiger partial charge in [-0.3, -0.25) is 4.79 Å². The van der Waals surface area contributed by atoms with Crippen molar-refractivity contribution in [1.82, 2.24) is 4.31 Å². The molecule has 2 fully saturated rings. The summed E-state index contributed by atoms with van der Waals surface area (Å²) in [5.41, 5.74) is 0. The van der Waals surface area contributed by atoms with Gasteiger partial charge in [0.25, 0.3) is 0 Å². The van der Waals surface area contributed by atoms with Crippen molar-refractivity contribution in [3.8, 4) is 0 Å². The largest absolute Gasteiger partial charge is 0.480 e. The third-order valence-electron chi connectivity index (χ3n) is 4.92. The zero-order chi connectivity index (χ0) is 18.3. The maximum absolute atomic E-state index is 12.7. The maximum atomic E-state index is 12.7. The van der Waals surface area contributed by atoms with Gasteiger partial charge < -0.3 is 19.3 Å². The van der Waals surface area contributed by atoms with E-state index in [2.05, 4.69) is 0 Å².